The largest absolute Gasteiger partial charge is 0.490 e. The highest BCUT2D eigenvalue weighted by Crippen LogP contribution is 2.27. The lowest BCUT2D eigenvalue weighted by Crippen LogP contribution is -2.55. The summed E-state index contributed by atoms with van der Waals surface area (Å²) in [6.45, 7) is 0.356. The van der Waals surface area contributed by atoms with E-state index in [-0.39, 0.29) is 23.1 Å². The first-order valence-electron chi connectivity index (χ1n) is 12.1. The first kappa shape index (κ1) is 36.2. The van der Waals surface area contributed by atoms with Crippen LogP contribution in [0.25, 0.3) is 10.9 Å². The minimum absolute atomic E-state index is 0.0307. The minimum atomic E-state index is -5.08. The Morgan fingerprint density at radius 2 is 1.58 bits per heavy atom. The van der Waals surface area contributed by atoms with Crippen molar-refractivity contribution in [2.45, 2.75) is 35.6 Å². The maximum absolute atomic E-state index is 13.2. The van der Waals surface area contributed by atoms with Gasteiger partial charge in [0.15, 0.2) is 0 Å². The molecule has 0 bridgehead atoms. The first-order valence-corrected chi connectivity index (χ1v) is 13.6. The van der Waals surface area contributed by atoms with Gasteiger partial charge in [0.2, 0.25) is 15.9 Å². The lowest BCUT2D eigenvalue weighted by molar-refractivity contribution is -0.193. The molecule has 4 rings (SSSR count). The number of aromatic nitrogens is 1. The number of carbonyl (C=O) groups is 3. The second kappa shape index (κ2) is 13.8. The summed E-state index contributed by atoms with van der Waals surface area (Å²) in [4.78, 5) is 34.7. The van der Waals surface area contributed by atoms with E-state index in [9.17, 15) is 39.6 Å². The molecule has 3 aromatic rings. The number of amides is 1. The quantitative estimate of drug-likeness (QED) is 0.115. The zero-order valence-electron chi connectivity index (χ0n) is 22.5. The van der Waals surface area contributed by atoms with E-state index in [1.165, 1.54) is 12.1 Å². The smallest absolute Gasteiger partial charge is 0.475 e. The predicted molar refractivity (Wildman–Crippen MR) is 145 cm³/mol. The number of nitrogen functional groups attached to an aromatic ring is 2. The number of carbonyl (C=O) groups excluding carboxylic acids is 1. The highest BCUT2D eigenvalue weighted by atomic mass is 32.2. The van der Waals surface area contributed by atoms with Crippen molar-refractivity contribution in [2.24, 2.45) is 5.73 Å². The lowest BCUT2D eigenvalue weighted by Gasteiger charge is -2.27. The number of carboxylic acids is 2. The number of amidine groups is 1. The van der Waals surface area contributed by atoms with Gasteiger partial charge in [-0.1, -0.05) is 18.2 Å². The third-order valence-corrected chi connectivity index (χ3v) is 7.36. The van der Waals surface area contributed by atoms with Gasteiger partial charge in [-0.2, -0.15) is 31.1 Å². The van der Waals surface area contributed by atoms with E-state index in [1.807, 2.05) is 0 Å². The van der Waals surface area contributed by atoms with E-state index in [0.717, 1.165) is 0 Å². The summed E-state index contributed by atoms with van der Waals surface area (Å²) in [5, 5.41) is 25.2. The molecule has 1 atom stereocenters. The van der Waals surface area contributed by atoms with Gasteiger partial charge in [0, 0.05) is 23.9 Å². The molecule has 0 radical (unpaired) electrons. The number of rotatable bonds is 6. The van der Waals surface area contributed by atoms with Crippen molar-refractivity contribution >= 4 is 50.4 Å². The lowest BCUT2D eigenvalue weighted by atomic mass is 9.89. The van der Waals surface area contributed by atoms with E-state index >= 15 is 0 Å². The fourth-order valence-corrected chi connectivity index (χ4v) is 5.20. The molecule has 13 nitrogen and oxygen atoms in total. The molecule has 1 amide bonds. The van der Waals surface area contributed by atoms with Crippen LogP contribution in [0.2, 0.25) is 0 Å². The van der Waals surface area contributed by atoms with E-state index in [0.29, 0.717) is 40.8 Å². The molecule has 1 saturated heterocycles. The summed E-state index contributed by atoms with van der Waals surface area (Å²) in [5.41, 5.74) is 11.7. The Morgan fingerprint density at radius 1 is 1.00 bits per heavy atom. The normalized spacial score (nSPS) is 16.4. The number of benzene rings is 2. The molecule has 2 aromatic carbocycles. The van der Waals surface area contributed by atoms with Crippen LogP contribution in [-0.4, -0.2) is 71.7 Å². The molecule has 2 heterocycles. The van der Waals surface area contributed by atoms with Crippen molar-refractivity contribution in [3.8, 4) is 0 Å². The minimum Gasteiger partial charge on any atom is -0.475 e. The zero-order valence-corrected chi connectivity index (χ0v) is 23.3. The number of halogens is 6. The number of carboxylic acid groups (broad SMARTS) is 2. The van der Waals surface area contributed by atoms with Crippen molar-refractivity contribution in [2.75, 3.05) is 12.3 Å². The van der Waals surface area contributed by atoms with Gasteiger partial charge in [-0.3, -0.25) is 10.2 Å². The number of nitrogens with two attached hydrogens (primary N) is 2. The van der Waals surface area contributed by atoms with Gasteiger partial charge in [-0.25, -0.2) is 23.0 Å². The van der Waals surface area contributed by atoms with Crippen LogP contribution in [0.5, 0.6) is 0 Å². The molecule has 0 unspecified atom stereocenters. The second-order valence-corrected chi connectivity index (χ2v) is 10.9. The van der Waals surface area contributed by atoms with Gasteiger partial charge in [-0.15, -0.1) is 0 Å². The Balaban J connectivity index is 0.000000421. The van der Waals surface area contributed by atoms with Crippen LogP contribution >= 0.6 is 0 Å². The summed E-state index contributed by atoms with van der Waals surface area (Å²) >= 11 is 0. The third-order valence-electron chi connectivity index (χ3n) is 5.82. The molecule has 0 saturated carbocycles. The molecule has 1 aliphatic rings. The number of anilines is 1. The Morgan fingerprint density at radius 3 is 2.07 bits per heavy atom. The number of pyridine rings is 1. The van der Waals surface area contributed by atoms with Crippen molar-refractivity contribution < 1.29 is 59.4 Å². The molecule has 1 fully saturated rings. The number of nitrogens with zero attached hydrogens (tertiary/aromatic N) is 1. The molecule has 0 spiro atoms. The molecule has 9 N–H and O–H groups in total. The van der Waals surface area contributed by atoms with E-state index in [4.69, 9.17) is 36.7 Å². The van der Waals surface area contributed by atoms with Gasteiger partial charge in [0.05, 0.1) is 10.4 Å². The second-order valence-electron chi connectivity index (χ2n) is 9.18. The fourth-order valence-electron chi connectivity index (χ4n) is 3.77. The van der Waals surface area contributed by atoms with Crippen LogP contribution in [0, 0.1) is 5.41 Å². The van der Waals surface area contributed by atoms with E-state index in [1.54, 1.807) is 42.5 Å². The number of nitrogens with one attached hydrogen (secondary N) is 3. The molecule has 1 aliphatic heterocycles. The Hall–Kier alpha value is -4.98. The van der Waals surface area contributed by atoms with Crippen LogP contribution in [0.1, 0.15) is 17.5 Å². The molecular weight excluding hydrogens is 642 g/mol. The SMILES string of the molecule is N=C(N)c1cccc(C[C@]2(NS(=O)(=O)c3ccc4nc(N)ccc4c3)CCNC2=O)c1.O=C(O)C(F)(F)F.O=C(O)C(F)(F)F. The van der Waals surface area contributed by atoms with Gasteiger partial charge in [0.25, 0.3) is 0 Å². The fraction of sp³-hybridized carbons (Fsp3) is 0.240. The van der Waals surface area contributed by atoms with Crippen LogP contribution in [0.4, 0.5) is 32.2 Å². The van der Waals surface area contributed by atoms with E-state index < -0.39 is 39.9 Å². The number of alkyl halides is 6. The maximum Gasteiger partial charge on any atom is 0.490 e. The summed E-state index contributed by atoms with van der Waals surface area (Å²) in [6, 6.07) is 14.7. The Labute approximate surface area is 249 Å². The van der Waals surface area contributed by atoms with Gasteiger partial charge >= 0.3 is 24.3 Å². The van der Waals surface area contributed by atoms with Crippen molar-refractivity contribution in [1.29, 1.82) is 5.41 Å². The van der Waals surface area contributed by atoms with Crippen LogP contribution < -0.4 is 21.5 Å². The standard InChI is InChI=1S/C21H22N6O3S.2C2HF3O2/c22-18-7-4-14-11-16(5-6-17(14)26-18)31(29,30)27-21(8-9-25-20(21)28)12-13-2-1-3-15(10-13)19(23)24;2*3-2(4,5)1(6)7/h1-7,10-11,27H,8-9,12H2,(H2,22,26)(H3,23,24)(H,25,28);2*(H,6,7)/t21-;;/m1../s1. The highest BCUT2D eigenvalue weighted by Gasteiger charge is 2.46. The monoisotopic (exact) mass is 666 g/mol. The summed E-state index contributed by atoms with van der Waals surface area (Å²) in [6.07, 6.45) is -9.74. The number of sulfonamides is 1. The third kappa shape index (κ3) is 10.0. The number of hydrogen-bond donors (Lipinski definition) is 7. The molecule has 45 heavy (non-hydrogen) atoms. The van der Waals surface area contributed by atoms with Gasteiger partial charge in [0.1, 0.15) is 17.2 Å². The summed E-state index contributed by atoms with van der Waals surface area (Å²) in [7, 11) is -4.02. The highest BCUT2D eigenvalue weighted by molar-refractivity contribution is 7.89. The van der Waals surface area contributed by atoms with Crippen LogP contribution in [0.3, 0.4) is 0 Å². The van der Waals surface area contributed by atoms with Crippen LogP contribution in [-0.2, 0) is 30.8 Å². The first-order chi connectivity index (χ1) is 20.6. The Bertz CT molecular complexity index is 1690. The zero-order chi connectivity index (χ0) is 34.4. The van der Waals surface area contributed by atoms with Crippen LogP contribution in [0.15, 0.2) is 59.5 Å². The average molecular weight is 667 g/mol. The molecule has 0 aliphatic carbocycles. The van der Waals surface area contributed by atoms with Gasteiger partial charge in [-0.05, 0) is 48.4 Å². The van der Waals surface area contributed by atoms with Gasteiger partial charge < -0.3 is 27.0 Å². The predicted octanol–water partition coefficient (Wildman–Crippen LogP) is 2.15. The maximum atomic E-state index is 13.2. The molecule has 20 heteroatoms. The summed E-state index contributed by atoms with van der Waals surface area (Å²) < 4.78 is 92.6. The molecule has 1 aromatic heterocycles. The molecular formula is C25H24F6N6O7S. The van der Waals surface area contributed by atoms with E-state index in [2.05, 4.69) is 15.0 Å². The van der Waals surface area contributed by atoms with Crippen molar-refractivity contribution in [3.05, 3.63) is 65.7 Å². The molecule has 244 valence electrons. The van der Waals surface area contributed by atoms with Crippen molar-refractivity contribution in [1.82, 2.24) is 15.0 Å². The number of aliphatic carboxylic acids is 2. The Kier molecular flexibility index (Phi) is 11.1. The number of fused-ring (bicyclic) bond motifs is 1. The average Bonchev–Trinajstić information content (AvgIpc) is 3.26. The topological polar surface area (TPSA) is 239 Å². The van der Waals surface area contributed by atoms with Crippen molar-refractivity contribution in [3.63, 3.8) is 0 Å². The summed E-state index contributed by atoms with van der Waals surface area (Å²) in [5.74, 6) is -5.66. The number of hydrogen-bond acceptors (Lipinski definition) is 8.